The first-order chi connectivity index (χ1) is 10.1. The number of unbranched alkanes of at least 4 members (excludes halogenated alkanes) is 1. The Hall–Kier alpha value is -1.22. The predicted octanol–water partition coefficient (Wildman–Crippen LogP) is 4.44. The molecule has 0 aliphatic heterocycles. The van der Waals surface area contributed by atoms with Crippen molar-refractivity contribution < 1.29 is 9.53 Å². The van der Waals surface area contributed by atoms with Gasteiger partial charge in [0.2, 0.25) is 0 Å². The molecule has 0 aliphatic rings. The molecule has 0 saturated carbocycles. The number of hydrogen-bond donors (Lipinski definition) is 1. The molecule has 3 nitrogen and oxygen atoms in total. The van der Waals surface area contributed by atoms with Gasteiger partial charge in [-0.3, -0.25) is 4.79 Å². The van der Waals surface area contributed by atoms with Crippen molar-refractivity contribution in [2.45, 2.75) is 52.6 Å². The molecule has 21 heavy (non-hydrogen) atoms. The van der Waals surface area contributed by atoms with Gasteiger partial charge >= 0.3 is 0 Å². The second-order valence-electron chi connectivity index (χ2n) is 5.38. The van der Waals surface area contributed by atoms with Gasteiger partial charge in [0.25, 0.3) is 5.91 Å². The quantitative estimate of drug-likeness (QED) is 0.732. The summed E-state index contributed by atoms with van der Waals surface area (Å²) in [6.45, 7) is 6.84. The van der Waals surface area contributed by atoms with Crippen molar-refractivity contribution in [3.05, 3.63) is 29.3 Å². The zero-order chi connectivity index (χ0) is 15.7. The minimum atomic E-state index is -0.505. The molecule has 0 fully saturated rings. The standard InChI is InChI=1S/C17H26ClNO2/c1-4-6-7-14(5-2)12-19-17(20)13(3)21-16-10-8-15(18)9-11-16/h8-11,13-14H,4-7,12H2,1-3H3,(H,19,20)/t13-,14-/m0/s1. The van der Waals surface area contributed by atoms with E-state index in [1.807, 2.05) is 0 Å². The SMILES string of the molecule is CCCC[C@H](CC)CNC(=O)[C@H](C)Oc1ccc(Cl)cc1. The highest BCUT2D eigenvalue weighted by atomic mass is 35.5. The van der Waals surface area contributed by atoms with Crippen LogP contribution in [0.25, 0.3) is 0 Å². The minimum Gasteiger partial charge on any atom is -0.481 e. The van der Waals surface area contributed by atoms with Gasteiger partial charge in [-0.2, -0.15) is 0 Å². The molecular formula is C17H26ClNO2. The Balaban J connectivity index is 2.38. The monoisotopic (exact) mass is 311 g/mol. The van der Waals surface area contributed by atoms with Crippen molar-refractivity contribution in [2.24, 2.45) is 5.92 Å². The van der Waals surface area contributed by atoms with Crippen LogP contribution in [0, 0.1) is 5.92 Å². The molecule has 0 radical (unpaired) electrons. The van der Waals surface area contributed by atoms with Crippen molar-refractivity contribution in [3.8, 4) is 5.75 Å². The predicted molar refractivity (Wildman–Crippen MR) is 87.9 cm³/mol. The molecule has 118 valence electrons. The van der Waals surface area contributed by atoms with E-state index in [1.54, 1.807) is 31.2 Å². The summed E-state index contributed by atoms with van der Waals surface area (Å²) in [5.41, 5.74) is 0. The van der Waals surface area contributed by atoms with Crippen molar-refractivity contribution in [3.63, 3.8) is 0 Å². The fourth-order valence-electron chi connectivity index (χ4n) is 2.10. The molecule has 0 aromatic heterocycles. The van der Waals surface area contributed by atoms with Crippen LogP contribution in [0.4, 0.5) is 0 Å². The van der Waals surface area contributed by atoms with Crippen LogP contribution in [-0.2, 0) is 4.79 Å². The molecule has 4 heteroatoms. The van der Waals surface area contributed by atoms with Gasteiger partial charge in [-0.25, -0.2) is 0 Å². The van der Waals surface area contributed by atoms with Crippen molar-refractivity contribution in [2.75, 3.05) is 6.54 Å². The second kappa shape index (κ2) is 9.67. The number of nitrogens with one attached hydrogen (secondary N) is 1. The summed E-state index contributed by atoms with van der Waals surface area (Å²) in [6, 6.07) is 7.03. The van der Waals surface area contributed by atoms with Crippen LogP contribution in [0.3, 0.4) is 0 Å². The summed E-state index contributed by atoms with van der Waals surface area (Å²) in [5.74, 6) is 1.14. The fourth-order valence-corrected chi connectivity index (χ4v) is 2.23. The van der Waals surface area contributed by atoms with Gasteiger partial charge in [-0.05, 0) is 43.5 Å². The van der Waals surface area contributed by atoms with E-state index in [0.29, 0.717) is 16.7 Å². The van der Waals surface area contributed by atoms with Crippen molar-refractivity contribution in [1.82, 2.24) is 5.32 Å². The van der Waals surface area contributed by atoms with Gasteiger partial charge < -0.3 is 10.1 Å². The van der Waals surface area contributed by atoms with Crippen LogP contribution in [-0.4, -0.2) is 18.6 Å². The lowest BCUT2D eigenvalue weighted by Crippen LogP contribution is -2.38. The molecule has 0 saturated heterocycles. The highest BCUT2D eigenvalue weighted by Gasteiger charge is 2.16. The Kier molecular flexibility index (Phi) is 8.21. The molecule has 0 spiro atoms. The number of ether oxygens (including phenoxy) is 1. The lowest BCUT2D eigenvalue weighted by Gasteiger charge is -2.18. The van der Waals surface area contributed by atoms with E-state index in [1.165, 1.54) is 19.3 Å². The van der Waals surface area contributed by atoms with Crippen LogP contribution in [0.2, 0.25) is 5.02 Å². The van der Waals surface area contributed by atoms with Gasteiger partial charge in [0.05, 0.1) is 0 Å². The number of hydrogen-bond acceptors (Lipinski definition) is 2. The normalized spacial score (nSPS) is 13.5. The molecule has 1 rings (SSSR count). The smallest absolute Gasteiger partial charge is 0.260 e. The molecule has 0 bridgehead atoms. The Morgan fingerprint density at radius 1 is 1.29 bits per heavy atom. The number of amides is 1. The Labute approximate surface area is 133 Å². The third-order valence-electron chi connectivity index (χ3n) is 3.60. The van der Waals surface area contributed by atoms with Gasteiger partial charge in [-0.15, -0.1) is 0 Å². The van der Waals surface area contributed by atoms with Gasteiger partial charge in [-0.1, -0.05) is 44.7 Å². The van der Waals surface area contributed by atoms with E-state index in [0.717, 1.165) is 13.0 Å². The molecular weight excluding hydrogens is 286 g/mol. The Bertz CT molecular complexity index is 419. The van der Waals surface area contributed by atoms with Crippen LogP contribution in [0.1, 0.15) is 46.5 Å². The maximum absolute atomic E-state index is 12.0. The summed E-state index contributed by atoms with van der Waals surface area (Å²) < 4.78 is 5.61. The van der Waals surface area contributed by atoms with Crippen LogP contribution >= 0.6 is 11.6 Å². The molecule has 0 aliphatic carbocycles. The first-order valence-electron chi connectivity index (χ1n) is 7.76. The lowest BCUT2D eigenvalue weighted by molar-refractivity contribution is -0.127. The molecule has 1 amide bonds. The van der Waals surface area contributed by atoms with E-state index < -0.39 is 6.10 Å². The molecule has 1 N–H and O–H groups in total. The second-order valence-corrected chi connectivity index (χ2v) is 5.81. The zero-order valence-electron chi connectivity index (χ0n) is 13.2. The molecule has 0 heterocycles. The summed E-state index contributed by atoms with van der Waals surface area (Å²) in [6.07, 6.45) is 4.16. The fraction of sp³-hybridized carbons (Fsp3) is 0.588. The number of benzene rings is 1. The molecule has 2 atom stereocenters. The van der Waals surface area contributed by atoms with Crippen LogP contribution in [0.15, 0.2) is 24.3 Å². The molecule has 1 aromatic carbocycles. The van der Waals surface area contributed by atoms with Gasteiger partial charge in [0.1, 0.15) is 5.75 Å². The maximum Gasteiger partial charge on any atom is 0.260 e. The minimum absolute atomic E-state index is 0.0695. The average molecular weight is 312 g/mol. The van der Waals surface area contributed by atoms with E-state index in [-0.39, 0.29) is 5.91 Å². The van der Waals surface area contributed by atoms with Gasteiger partial charge in [0, 0.05) is 11.6 Å². The summed E-state index contributed by atoms with van der Waals surface area (Å²) in [4.78, 5) is 12.0. The lowest BCUT2D eigenvalue weighted by atomic mass is 9.99. The first-order valence-corrected chi connectivity index (χ1v) is 8.14. The topological polar surface area (TPSA) is 38.3 Å². The summed E-state index contributed by atoms with van der Waals surface area (Å²) in [7, 11) is 0. The Morgan fingerprint density at radius 3 is 2.52 bits per heavy atom. The average Bonchev–Trinajstić information content (AvgIpc) is 2.49. The van der Waals surface area contributed by atoms with Crippen LogP contribution < -0.4 is 10.1 Å². The largest absolute Gasteiger partial charge is 0.481 e. The van der Waals surface area contributed by atoms with Crippen molar-refractivity contribution in [1.29, 1.82) is 0 Å². The molecule has 1 aromatic rings. The first kappa shape index (κ1) is 17.8. The summed E-state index contributed by atoms with van der Waals surface area (Å²) >= 11 is 5.82. The number of carbonyl (C=O) groups excluding carboxylic acids is 1. The third-order valence-corrected chi connectivity index (χ3v) is 3.86. The Morgan fingerprint density at radius 2 is 1.95 bits per heavy atom. The van der Waals surface area contributed by atoms with E-state index in [9.17, 15) is 4.79 Å². The number of rotatable bonds is 9. The zero-order valence-corrected chi connectivity index (χ0v) is 14.0. The number of halogens is 1. The number of carbonyl (C=O) groups is 1. The van der Waals surface area contributed by atoms with E-state index in [2.05, 4.69) is 19.2 Å². The van der Waals surface area contributed by atoms with Gasteiger partial charge in [0.15, 0.2) is 6.10 Å². The maximum atomic E-state index is 12.0. The third kappa shape index (κ3) is 6.85. The summed E-state index contributed by atoms with van der Waals surface area (Å²) in [5, 5.41) is 3.64. The highest BCUT2D eigenvalue weighted by Crippen LogP contribution is 2.17. The highest BCUT2D eigenvalue weighted by molar-refractivity contribution is 6.30. The molecule has 0 unspecified atom stereocenters. The van der Waals surface area contributed by atoms with E-state index >= 15 is 0 Å². The van der Waals surface area contributed by atoms with Crippen molar-refractivity contribution >= 4 is 17.5 Å². The van der Waals surface area contributed by atoms with E-state index in [4.69, 9.17) is 16.3 Å². The van der Waals surface area contributed by atoms with Crippen LogP contribution in [0.5, 0.6) is 5.75 Å².